The second-order valence-corrected chi connectivity index (χ2v) is 6.07. The zero-order valence-corrected chi connectivity index (χ0v) is 12.0. The normalized spacial score (nSPS) is 24.2. The van der Waals surface area contributed by atoms with Crippen LogP contribution in [0.25, 0.3) is 0 Å². The minimum atomic E-state index is -0.00487. The molecule has 4 heteroatoms. The first-order chi connectivity index (χ1) is 9.81. The molecule has 4 nitrogen and oxygen atoms in total. The molecule has 1 amide bonds. The fourth-order valence-corrected chi connectivity index (χ4v) is 3.34. The van der Waals surface area contributed by atoms with E-state index in [1.54, 1.807) is 0 Å². The first-order valence-electron chi connectivity index (χ1n) is 7.90. The molecule has 1 aliphatic heterocycles. The molecule has 110 valence electrons. The number of amides is 1. The number of carbonyl (C=O) groups is 1. The van der Waals surface area contributed by atoms with Gasteiger partial charge in [0.1, 0.15) is 5.69 Å². The summed E-state index contributed by atoms with van der Waals surface area (Å²) >= 11 is 0. The first-order valence-corrected chi connectivity index (χ1v) is 7.90. The molecule has 1 atom stereocenters. The molecule has 1 saturated heterocycles. The van der Waals surface area contributed by atoms with Crippen LogP contribution < -0.4 is 0 Å². The van der Waals surface area contributed by atoms with E-state index in [2.05, 4.69) is 4.57 Å². The lowest BCUT2D eigenvalue weighted by atomic mass is 9.93. The zero-order chi connectivity index (χ0) is 13.9. The summed E-state index contributed by atoms with van der Waals surface area (Å²) in [5.41, 5.74) is 0.801. The predicted molar refractivity (Wildman–Crippen MR) is 77.7 cm³/mol. The monoisotopic (exact) mass is 276 g/mol. The Hall–Kier alpha value is -1.29. The van der Waals surface area contributed by atoms with Gasteiger partial charge in [-0.25, -0.2) is 0 Å². The van der Waals surface area contributed by atoms with Gasteiger partial charge < -0.3 is 14.6 Å². The predicted octanol–water partition coefficient (Wildman–Crippen LogP) is 2.59. The van der Waals surface area contributed by atoms with E-state index in [1.807, 2.05) is 23.2 Å². The van der Waals surface area contributed by atoms with E-state index in [9.17, 15) is 9.90 Å². The third kappa shape index (κ3) is 2.49. The van der Waals surface area contributed by atoms with Gasteiger partial charge >= 0.3 is 0 Å². The van der Waals surface area contributed by atoms with Crippen LogP contribution in [0.5, 0.6) is 0 Å². The average Bonchev–Trinajstić information content (AvgIpc) is 2.73. The average molecular weight is 276 g/mol. The Balaban J connectivity index is 1.81. The zero-order valence-electron chi connectivity index (χ0n) is 12.0. The van der Waals surface area contributed by atoms with Gasteiger partial charge in [0.05, 0.1) is 12.6 Å². The molecule has 20 heavy (non-hydrogen) atoms. The molecule has 1 N–H and O–H groups in total. The highest BCUT2D eigenvalue weighted by molar-refractivity contribution is 5.93. The van der Waals surface area contributed by atoms with Crippen molar-refractivity contribution in [3.05, 3.63) is 24.0 Å². The van der Waals surface area contributed by atoms with Crippen molar-refractivity contribution >= 4 is 5.91 Å². The highest BCUT2D eigenvalue weighted by Crippen LogP contribution is 2.33. The lowest BCUT2D eigenvalue weighted by molar-refractivity contribution is 0.0583. The molecule has 2 fully saturated rings. The van der Waals surface area contributed by atoms with E-state index in [1.165, 1.54) is 19.3 Å². The number of rotatable bonds is 3. The minimum absolute atomic E-state index is 0.00487. The molecule has 1 aromatic rings. The molecule has 1 unspecified atom stereocenters. The molecule has 1 aromatic heterocycles. The number of aromatic nitrogens is 1. The Labute approximate surface area is 120 Å². The molecule has 0 bridgehead atoms. The Morgan fingerprint density at radius 1 is 1.20 bits per heavy atom. The Kier molecular flexibility index (Phi) is 4.10. The van der Waals surface area contributed by atoms with Gasteiger partial charge in [0.15, 0.2) is 0 Å². The minimum Gasteiger partial charge on any atom is -0.394 e. The van der Waals surface area contributed by atoms with E-state index in [-0.39, 0.29) is 18.6 Å². The van der Waals surface area contributed by atoms with Crippen molar-refractivity contribution in [2.24, 2.45) is 0 Å². The number of aliphatic hydroxyl groups excluding tert-OH is 1. The summed E-state index contributed by atoms with van der Waals surface area (Å²) in [5, 5.41) is 9.57. The van der Waals surface area contributed by atoms with Crippen LogP contribution in [-0.2, 0) is 0 Å². The van der Waals surface area contributed by atoms with Gasteiger partial charge in [-0.15, -0.1) is 0 Å². The summed E-state index contributed by atoms with van der Waals surface area (Å²) in [5.74, 6) is 0.0999. The van der Waals surface area contributed by atoms with Crippen LogP contribution in [0.4, 0.5) is 0 Å². The molecular weight excluding hydrogens is 252 g/mol. The SMILES string of the molecule is O=C(c1cccn1C1CCC1)N1CCCCCC1CO. The summed E-state index contributed by atoms with van der Waals surface area (Å²) in [4.78, 5) is 14.7. The van der Waals surface area contributed by atoms with Crippen LogP contribution in [-0.4, -0.2) is 39.7 Å². The van der Waals surface area contributed by atoms with Crippen LogP contribution in [0.1, 0.15) is 61.5 Å². The number of aliphatic hydroxyl groups is 1. The maximum absolute atomic E-state index is 12.8. The summed E-state index contributed by atoms with van der Waals surface area (Å²) in [7, 11) is 0. The standard InChI is InChI=1S/C16H24N2O2/c19-12-14-6-2-1-3-10-18(14)16(20)15-9-5-11-17(15)13-7-4-8-13/h5,9,11,13-14,19H,1-4,6-8,10,12H2. The van der Waals surface area contributed by atoms with E-state index >= 15 is 0 Å². The number of hydrogen-bond acceptors (Lipinski definition) is 2. The van der Waals surface area contributed by atoms with Gasteiger partial charge in [-0.3, -0.25) is 4.79 Å². The van der Waals surface area contributed by atoms with E-state index in [0.717, 1.165) is 37.9 Å². The topological polar surface area (TPSA) is 45.5 Å². The lowest BCUT2D eigenvalue weighted by Crippen LogP contribution is -2.43. The maximum atomic E-state index is 12.8. The Morgan fingerprint density at radius 3 is 2.75 bits per heavy atom. The number of nitrogens with zero attached hydrogens (tertiary/aromatic N) is 2. The number of carbonyl (C=O) groups excluding carboxylic acids is 1. The van der Waals surface area contributed by atoms with Gasteiger partial charge in [0.25, 0.3) is 5.91 Å². The van der Waals surface area contributed by atoms with Crippen molar-refractivity contribution in [1.82, 2.24) is 9.47 Å². The van der Waals surface area contributed by atoms with Crippen molar-refractivity contribution in [1.29, 1.82) is 0 Å². The fourth-order valence-electron chi connectivity index (χ4n) is 3.34. The van der Waals surface area contributed by atoms with Crippen LogP contribution in [0.15, 0.2) is 18.3 Å². The highest BCUT2D eigenvalue weighted by Gasteiger charge is 2.29. The Morgan fingerprint density at radius 2 is 2.05 bits per heavy atom. The van der Waals surface area contributed by atoms with Crippen molar-refractivity contribution in [2.75, 3.05) is 13.2 Å². The summed E-state index contributed by atoms with van der Waals surface area (Å²) in [6, 6.07) is 4.40. The third-order valence-electron chi connectivity index (χ3n) is 4.81. The summed E-state index contributed by atoms with van der Waals surface area (Å²) in [6.07, 6.45) is 9.89. The quantitative estimate of drug-likeness (QED) is 0.922. The number of likely N-dealkylation sites (tertiary alicyclic amines) is 1. The third-order valence-corrected chi connectivity index (χ3v) is 4.81. The maximum Gasteiger partial charge on any atom is 0.270 e. The van der Waals surface area contributed by atoms with Gasteiger partial charge in [-0.2, -0.15) is 0 Å². The summed E-state index contributed by atoms with van der Waals surface area (Å²) < 4.78 is 2.14. The van der Waals surface area contributed by atoms with Crippen LogP contribution in [0, 0.1) is 0 Å². The van der Waals surface area contributed by atoms with E-state index in [4.69, 9.17) is 0 Å². The molecule has 0 radical (unpaired) electrons. The van der Waals surface area contributed by atoms with Crippen molar-refractivity contribution < 1.29 is 9.90 Å². The van der Waals surface area contributed by atoms with Crippen molar-refractivity contribution in [3.8, 4) is 0 Å². The second-order valence-electron chi connectivity index (χ2n) is 6.07. The molecular formula is C16H24N2O2. The molecule has 2 heterocycles. The molecule has 1 saturated carbocycles. The number of hydrogen-bond donors (Lipinski definition) is 1. The second kappa shape index (κ2) is 6.00. The highest BCUT2D eigenvalue weighted by atomic mass is 16.3. The first kappa shape index (κ1) is 13.7. The molecule has 2 aliphatic rings. The Bertz CT molecular complexity index is 465. The van der Waals surface area contributed by atoms with Crippen molar-refractivity contribution in [2.45, 2.75) is 57.0 Å². The van der Waals surface area contributed by atoms with E-state index in [0.29, 0.717) is 6.04 Å². The largest absolute Gasteiger partial charge is 0.394 e. The van der Waals surface area contributed by atoms with Crippen molar-refractivity contribution in [3.63, 3.8) is 0 Å². The smallest absolute Gasteiger partial charge is 0.270 e. The van der Waals surface area contributed by atoms with Crippen LogP contribution in [0.3, 0.4) is 0 Å². The fraction of sp³-hybridized carbons (Fsp3) is 0.688. The lowest BCUT2D eigenvalue weighted by Gasteiger charge is -2.32. The van der Waals surface area contributed by atoms with Gasteiger partial charge in [0.2, 0.25) is 0 Å². The van der Waals surface area contributed by atoms with Gasteiger partial charge in [-0.1, -0.05) is 12.8 Å². The molecule has 0 aromatic carbocycles. The molecule has 1 aliphatic carbocycles. The van der Waals surface area contributed by atoms with Gasteiger partial charge in [-0.05, 0) is 44.2 Å². The molecule has 0 spiro atoms. The van der Waals surface area contributed by atoms with Crippen LogP contribution in [0.2, 0.25) is 0 Å². The summed E-state index contributed by atoms with van der Waals surface area (Å²) in [6.45, 7) is 0.857. The van der Waals surface area contributed by atoms with E-state index < -0.39 is 0 Å². The molecule has 3 rings (SSSR count). The van der Waals surface area contributed by atoms with Crippen LogP contribution >= 0.6 is 0 Å². The van der Waals surface area contributed by atoms with Gasteiger partial charge in [0, 0.05) is 18.8 Å².